The molecular weight excluding hydrogens is 282 g/mol. The van der Waals surface area contributed by atoms with E-state index in [0.717, 1.165) is 0 Å². The van der Waals surface area contributed by atoms with Gasteiger partial charge >= 0.3 is 6.09 Å². The van der Waals surface area contributed by atoms with Gasteiger partial charge in [0.2, 0.25) is 9.05 Å². The van der Waals surface area contributed by atoms with E-state index in [1.807, 2.05) is 0 Å². The summed E-state index contributed by atoms with van der Waals surface area (Å²) in [6, 6.07) is 0. The minimum absolute atomic E-state index is 0.126. The van der Waals surface area contributed by atoms with Gasteiger partial charge in [0.05, 0.1) is 11.9 Å². The van der Waals surface area contributed by atoms with Crippen LogP contribution in [-0.4, -0.2) is 55.1 Å². The Labute approximate surface area is 111 Å². The third-order valence-corrected chi connectivity index (χ3v) is 3.89. The van der Waals surface area contributed by atoms with Crippen LogP contribution in [0.15, 0.2) is 0 Å². The van der Waals surface area contributed by atoms with E-state index < -0.39 is 26.8 Å². The van der Waals surface area contributed by atoms with Gasteiger partial charge < -0.3 is 14.7 Å². The summed E-state index contributed by atoms with van der Waals surface area (Å²) in [5.41, 5.74) is -0.910. The monoisotopic (exact) mass is 299 g/mol. The van der Waals surface area contributed by atoms with E-state index in [1.54, 1.807) is 13.8 Å². The molecule has 1 aliphatic heterocycles. The SMILES string of the molecule is CC(C)(CCS(=O)(=O)Cl)OC(=O)N1CC[C@H](O)C1. The minimum atomic E-state index is -3.59. The van der Waals surface area contributed by atoms with Gasteiger partial charge in [-0.15, -0.1) is 0 Å². The zero-order chi connectivity index (χ0) is 14.0. The second-order valence-electron chi connectivity index (χ2n) is 5.01. The highest BCUT2D eigenvalue weighted by molar-refractivity contribution is 8.13. The fourth-order valence-electron chi connectivity index (χ4n) is 1.63. The molecule has 1 saturated heterocycles. The summed E-state index contributed by atoms with van der Waals surface area (Å²) < 4.78 is 26.9. The average molecular weight is 300 g/mol. The van der Waals surface area contributed by atoms with Crippen LogP contribution in [-0.2, 0) is 13.8 Å². The van der Waals surface area contributed by atoms with E-state index in [9.17, 15) is 18.3 Å². The first-order valence-electron chi connectivity index (χ1n) is 5.67. The number of β-amino-alcohol motifs (C(OH)–C–C–N with tert-alkyl or cyclic N) is 1. The van der Waals surface area contributed by atoms with Crippen molar-refractivity contribution in [1.29, 1.82) is 0 Å². The molecule has 1 amide bonds. The third kappa shape index (κ3) is 5.41. The second-order valence-corrected chi connectivity index (χ2v) is 7.91. The predicted octanol–water partition coefficient (Wildman–Crippen LogP) is 0.927. The fraction of sp³-hybridized carbons (Fsp3) is 0.900. The van der Waals surface area contributed by atoms with Gasteiger partial charge in [-0.25, -0.2) is 13.2 Å². The standard InChI is InChI=1S/C10H18ClNO5S/c1-10(2,4-6-18(11,15)16)17-9(14)12-5-3-8(13)7-12/h8,13H,3-7H2,1-2H3/t8-/m0/s1. The molecule has 1 heterocycles. The van der Waals surface area contributed by atoms with E-state index >= 15 is 0 Å². The summed E-state index contributed by atoms with van der Waals surface area (Å²) in [5, 5.41) is 9.31. The molecule has 18 heavy (non-hydrogen) atoms. The third-order valence-electron chi connectivity index (χ3n) is 2.73. The van der Waals surface area contributed by atoms with Gasteiger partial charge in [-0.3, -0.25) is 0 Å². The van der Waals surface area contributed by atoms with E-state index in [4.69, 9.17) is 15.4 Å². The summed E-state index contributed by atoms with van der Waals surface area (Å²) >= 11 is 0. The lowest BCUT2D eigenvalue weighted by Gasteiger charge is -2.27. The van der Waals surface area contributed by atoms with Crippen LogP contribution < -0.4 is 0 Å². The van der Waals surface area contributed by atoms with Crippen molar-refractivity contribution in [3.8, 4) is 0 Å². The Hall–Kier alpha value is -0.530. The van der Waals surface area contributed by atoms with Gasteiger partial charge in [0.25, 0.3) is 0 Å². The zero-order valence-electron chi connectivity index (χ0n) is 10.4. The molecule has 0 aliphatic carbocycles. The van der Waals surface area contributed by atoms with Crippen LogP contribution in [0.25, 0.3) is 0 Å². The Morgan fingerprint density at radius 2 is 2.17 bits per heavy atom. The molecule has 1 aliphatic rings. The topological polar surface area (TPSA) is 83.9 Å². The van der Waals surface area contributed by atoms with E-state index in [2.05, 4.69) is 0 Å². The number of ether oxygens (including phenoxy) is 1. The van der Waals surface area contributed by atoms with Gasteiger partial charge in [-0.2, -0.15) is 0 Å². The number of rotatable bonds is 4. The summed E-state index contributed by atoms with van der Waals surface area (Å²) in [5.74, 6) is -0.253. The number of amides is 1. The zero-order valence-corrected chi connectivity index (χ0v) is 12.0. The molecule has 0 aromatic carbocycles. The van der Waals surface area contributed by atoms with Crippen LogP contribution in [0.4, 0.5) is 4.79 Å². The highest BCUT2D eigenvalue weighted by Gasteiger charge is 2.31. The maximum Gasteiger partial charge on any atom is 0.410 e. The summed E-state index contributed by atoms with van der Waals surface area (Å²) in [6.45, 7) is 3.95. The number of aliphatic hydroxyl groups excluding tert-OH is 1. The molecule has 6 nitrogen and oxygen atoms in total. The Morgan fingerprint density at radius 3 is 2.61 bits per heavy atom. The molecule has 0 aromatic heterocycles. The number of hydrogen-bond donors (Lipinski definition) is 1. The smallest absolute Gasteiger partial charge is 0.410 e. The number of hydrogen-bond acceptors (Lipinski definition) is 5. The lowest BCUT2D eigenvalue weighted by molar-refractivity contribution is 0.0138. The van der Waals surface area contributed by atoms with Gasteiger partial charge in [-0.1, -0.05) is 0 Å². The van der Waals surface area contributed by atoms with E-state index in [0.29, 0.717) is 13.0 Å². The van der Waals surface area contributed by atoms with Crippen molar-refractivity contribution in [2.45, 2.75) is 38.4 Å². The quantitative estimate of drug-likeness (QED) is 0.781. The van der Waals surface area contributed by atoms with Crippen LogP contribution in [0.2, 0.25) is 0 Å². The number of aliphatic hydroxyl groups is 1. The van der Waals surface area contributed by atoms with Crippen LogP contribution in [0, 0.1) is 0 Å². The molecule has 0 aromatic rings. The summed E-state index contributed by atoms with van der Waals surface area (Å²) in [7, 11) is 1.52. The first-order chi connectivity index (χ1) is 8.09. The molecular formula is C10H18ClNO5S. The van der Waals surface area contributed by atoms with Crippen molar-refractivity contribution in [1.82, 2.24) is 4.90 Å². The predicted molar refractivity (Wildman–Crippen MR) is 67.0 cm³/mol. The van der Waals surface area contributed by atoms with Crippen LogP contribution in [0.3, 0.4) is 0 Å². The largest absolute Gasteiger partial charge is 0.443 e. The van der Waals surface area contributed by atoms with Gasteiger partial charge in [-0.05, 0) is 20.3 Å². The molecule has 0 spiro atoms. The van der Waals surface area contributed by atoms with Crippen molar-refractivity contribution in [3.63, 3.8) is 0 Å². The van der Waals surface area contributed by atoms with Crippen molar-refractivity contribution in [2.75, 3.05) is 18.8 Å². The molecule has 0 unspecified atom stereocenters. The Balaban J connectivity index is 2.47. The Morgan fingerprint density at radius 1 is 1.56 bits per heavy atom. The highest BCUT2D eigenvalue weighted by Crippen LogP contribution is 2.20. The lowest BCUT2D eigenvalue weighted by atomic mass is 10.1. The highest BCUT2D eigenvalue weighted by atomic mass is 35.7. The minimum Gasteiger partial charge on any atom is -0.443 e. The van der Waals surface area contributed by atoms with Crippen molar-refractivity contribution < 1.29 is 23.1 Å². The maximum atomic E-state index is 11.7. The Kier molecular flexibility index (Phi) is 4.85. The maximum absolute atomic E-state index is 11.7. The van der Waals surface area contributed by atoms with Crippen LogP contribution in [0.5, 0.6) is 0 Å². The molecule has 0 saturated carbocycles. The normalized spacial score (nSPS) is 21.1. The molecule has 8 heteroatoms. The summed E-state index contributed by atoms with van der Waals surface area (Å²) in [6.07, 6.45) is -0.389. The van der Waals surface area contributed by atoms with Gasteiger partial charge in [0.1, 0.15) is 5.60 Å². The van der Waals surface area contributed by atoms with Gasteiger partial charge in [0.15, 0.2) is 0 Å². The first kappa shape index (κ1) is 15.5. The average Bonchev–Trinajstić information content (AvgIpc) is 2.61. The van der Waals surface area contributed by atoms with Crippen LogP contribution in [0.1, 0.15) is 26.7 Å². The lowest BCUT2D eigenvalue weighted by Crippen LogP contribution is -2.38. The number of likely N-dealkylation sites (tertiary alicyclic amines) is 1. The molecule has 106 valence electrons. The van der Waals surface area contributed by atoms with Crippen molar-refractivity contribution in [3.05, 3.63) is 0 Å². The molecule has 0 radical (unpaired) electrons. The molecule has 1 N–H and O–H groups in total. The van der Waals surface area contributed by atoms with E-state index in [-0.39, 0.29) is 18.7 Å². The fourth-order valence-corrected chi connectivity index (χ4v) is 2.59. The number of nitrogens with zero attached hydrogens (tertiary/aromatic N) is 1. The number of carbonyl (C=O) groups is 1. The Bertz CT molecular complexity index is 408. The molecule has 1 fully saturated rings. The van der Waals surface area contributed by atoms with E-state index in [1.165, 1.54) is 4.90 Å². The number of halogens is 1. The first-order valence-corrected chi connectivity index (χ1v) is 8.15. The van der Waals surface area contributed by atoms with Crippen LogP contribution >= 0.6 is 10.7 Å². The molecule has 1 atom stereocenters. The molecule has 1 rings (SSSR count). The second kappa shape index (κ2) is 5.63. The summed E-state index contributed by atoms with van der Waals surface area (Å²) in [4.78, 5) is 13.1. The molecule has 0 bridgehead atoms. The van der Waals surface area contributed by atoms with Crippen molar-refractivity contribution in [2.24, 2.45) is 0 Å². The van der Waals surface area contributed by atoms with Gasteiger partial charge in [0, 0.05) is 30.2 Å². The van der Waals surface area contributed by atoms with Crippen molar-refractivity contribution >= 4 is 25.8 Å². The number of carbonyl (C=O) groups excluding carboxylic acids is 1.